The molecule has 0 aliphatic carbocycles. The van der Waals surface area contributed by atoms with Gasteiger partial charge in [0.2, 0.25) is 0 Å². The van der Waals surface area contributed by atoms with Crippen molar-refractivity contribution in [3.05, 3.63) is 36.0 Å². The van der Waals surface area contributed by atoms with Gasteiger partial charge < -0.3 is 4.74 Å². The number of ether oxygens (including phenoxy) is 1. The minimum atomic E-state index is -0.307. The van der Waals surface area contributed by atoms with Crippen LogP contribution in [0, 0.1) is 6.92 Å². The minimum absolute atomic E-state index is 0.0899. The average Bonchev–Trinajstić information content (AvgIpc) is 2.78. The quantitative estimate of drug-likeness (QED) is 0.771. The van der Waals surface area contributed by atoms with E-state index in [-0.39, 0.29) is 12.5 Å². The van der Waals surface area contributed by atoms with Crippen LogP contribution in [-0.4, -0.2) is 27.6 Å². The van der Waals surface area contributed by atoms with Gasteiger partial charge in [0.05, 0.1) is 12.8 Å². The molecule has 0 unspecified atom stereocenters. The van der Waals surface area contributed by atoms with Crippen LogP contribution in [0.1, 0.15) is 12.5 Å². The molecule has 0 fully saturated rings. The van der Waals surface area contributed by atoms with E-state index < -0.39 is 0 Å². The Balaban J connectivity index is 2.13. The predicted molar refractivity (Wildman–Crippen MR) is 66.8 cm³/mol. The lowest BCUT2D eigenvalue weighted by molar-refractivity contribution is -0.144. The molecule has 1 aromatic carbocycles. The zero-order valence-corrected chi connectivity index (χ0v) is 10.5. The molecule has 0 aliphatic rings. The van der Waals surface area contributed by atoms with Crippen LogP contribution >= 0.6 is 0 Å². The van der Waals surface area contributed by atoms with Crippen molar-refractivity contribution < 1.29 is 9.53 Å². The maximum atomic E-state index is 11.3. The maximum absolute atomic E-state index is 11.3. The van der Waals surface area contributed by atoms with Crippen LogP contribution < -0.4 is 0 Å². The fraction of sp³-hybridized carbons (Fsp3) is 0.308. The Morgan fingerprint density at radius 2 is 2.28 bits per heavy atom. The number of rotatable bonds is 4. The predicted octanol–water partition coefficient (Wildman–Crippen LogP) is 1.82. The van der Waals surface area contributed by atoms with Crippen LogP contribution in [0.5, 0.6) is 0 Å². The molecule has 2 rings (SSSR count). The molecular formula is C13H15N3O2. The SMILES string of the molecule is CCOC(=O)Cn1cc(-c2cccc(C)c2)nn1. The van der Waals surface area contributed by atoms with Gasteiger partial charge in [-0.15, -0.1) is 5.10 Å². The van der Waals surface area contributed by atoms with E-state index in [1.807, 2.05) is 31.2 Å². The second kappa shape index (κ2) is 5.44. The second-order valence-electron chi connectivity index (χ2n) is 3.98. The Morgan fingerprint density at radius 3 is 3.00 bits per heavy atom. The van der Waals surface area contributed by atoms with Crippen LogP contribution in [0.15, 0.2) is 30.5 Å². The van der Waals surface area contributed by atoms with Gasteiger partial charge in [0, 0.05) is 5.56 Å². The zero-order chi connectivity index (χ0) is 13.0. The van der Waals surface area contributed by atoms with Crippen molar-refractivity contribution in [1.82, 2.24) is 15.0 Å². The van der Waals surface area contributed by atoms with Gasteiger partial charge in [-0.3, -0.25) is 4.79 Å². The highest BCUT2D eigenvalue weighted by Gasteiger charge is 2.07. The average molecular weight is 245 g/mol. The molecule has 0 spiro atoms. The molecule has 5 heteroatoms. The van der Waals surface area contributed by atoms with Crippen molar-refractivity contribution in [2.24, 2.45) is 0 Å². The summed E-state index contributed by atoms with van der Waals surface area (Å²) in [7, 11) is 0. The molecule has 1 heterocycles. The zero-order valence-electron chi connectivity index (χ0n) is 10.5. The molecule has 0 radical (unpaired) electrons. The van der Waals surface area contributed by atoms with Crippen LogP contribution in [0.2, 0.25) is 0 Å². The Morgan fingerprint density at radius 1 is 1.44 bits per heavy atom. The van der Waals surface area contributed by atoms with Gasteiger partial charge in [-0.2, -0.15) is 0 Å². The Bertz CT molecular complexity index is 549. The first kappa shape index (κ1) is 12.3. The largest absolute Gasteiger partial charge is 0.465 e. The fourth-order valence-electron chi connectivity index (χ4n) is 1.65. The smallest absolute Gasteiger partial charge is 0.327 e. The summed E-state index contributed by atoms with van der Waals surface area (Å²) in [4.78, 5) is 11.3. The van der Waals surface area contributed by atoms with E-state index in [1.165, 1.54) is 4.68 Å². The molecule has 0 aliphatic heterocycles. The lowest BCUT2D eigenvalue weighted by Crippen LogP contribution is -2.13. The van der Waals surface area contributed by atoms with E-state index in [0.717, 1.165) is 16.8 Å². The summed E-state index contributed by atoms with van der Waals surface area (Å²) < 4.78 is 6.33. The molecule has 2 aromatic rings. The standard InChI is InChI=1S/C13H15N3O2/c1-3-18-13(17)9-16-8-12(14-15-16)11-6-4-5-10(2)7-11/h4-8H,3,9H2,1-2H3. The van der Waals surface area contributed by atoms with Crippen molar-refractivity contribution >= 4 is 5.97 Å². The first-order valence-electron chi connectivity index (χ1n) is 5.82. The summed E-state index contributed by atoms with van der Waals surface area (Å²) in [6.07, 6.45) is 1.74. The number of carbonyl (C=O) groups excluding carboxylic acids is 1. The van der Waals surface area contributed by atoms with E-state index in [0.29, 0.717) is 6.61 Å². The molecule has 0 saturated heterocycles. The lowest BCUT2D eigenvalue weighted by Gasteiger charge is -2.00. The number of aryl methyl sites for hydroxylation is 1. The molecule has 0 amide bonds. The molecule has 0 saturated carbocycles. The summed E-state index contributed by atoms with van der Waals surface area (Å²) in [5.41, 5.74) is 2.90. The second-order valence-corrected chi connectivity index (χ2v) is 3.98. The third-order valence-corrected chi connectivity index (χ3v) is 2.45. The van der Waals surface area contributed by atoms with Crippen molar-refractivity contribution in [3.63, 3.8) is 0 Å². The number of benzene rings is 1. The molecule has 0 atom stereocenters. The molecule has 0 N–H and O–H groups in total. The summed E-state index contributed by atoms with van der Waals surface area (Å²) >= 11 is 0. The monoisotopic (exact) mass is 245 g/mol. The van der Waals surface area contributed by atoms with Gasteiger partial charge in [0.15, 0.2) is 0 Å². The van der Waals surface area contributed by atoms with Gasteiger partial charge >= 0.3 is 5.97 Å². The normalized spacial score (nSPS) is 10.3. The molecular weight excluding hydrogens is 230 g/mol. The highest BCUT2D eigenvalue weighted by Crippen LogP contribution is 2.16. The van der Waals surface area contributed by atoms with Crippen molar-refractivity contribution in [2.75, 3.05) is 6.61 Å². The summed E-state index contributed by atoms with van der Waals surface area (Å²) in [6.45, 7) is 4.26. The molecule has 1 aromatic heterocycles. The summed E-state index contributed by atoms with van der Waals surface area (Å²) in [5.74, 6) is -0.307. The number of aromatic nitrogens is 3. The Labute approximate surface area is 105 Å². The number of hydrogen-bond donors (Lipinski definition) is 0. The highest BCUT2D eigenvalue weighted by atomic mass is 16.5. The maximum Gasteiger partial charge on any atom is 0.327 e. The Kier molecular flexibility index (Phi) is 3.72. The van der Waals surface area contributed by atoms with Gasteiger partial charge in [-0.05, 0) is 19.9 Å². The van der Waals surface area contributed by atoms with Gasteiger partial charge in [-0.25, -0.2) is 4.68 Å². The molecule has 18 heavy (non-hydrogen) atoms. The third kappa shape index (κ3) is 2.94. The van der Waals surface area contributed by atoms with Crippen molar-refractivity contribution in [2.45, 2.75) is 20.4 Å². The summed E-state index contributed by atoms with van der Waals surface area (Å²) in [5, 5.41) is 7.96. The van der Waals surface area contributed by atoms with E-state index in [2.05, 4.69) is 10.3 Å². The summed E-state index contributed by atoms with van der Waals surface area (Å²) in [6, 6.07) is 7.98. The lowest BCUT2D eigenvalue weighted by atomic mass is 10.1. The fourth-order valence-corrected chi connectivity index (χ4v) is 1.65. The topological polar surface area (TPSA) is 57.0 Å². The van der Waals surface area contributed by atoms with Crippen LogP contribution in [0.3, 0.4) is 0 Å². The molecule has 5 nitrogen and oxygen atoms in total. The van der Waals surface area contributed by atoms with Crippen LogP contribution in [0.25, 0.3) is 11.3 Å². The van der Waals surface area contributed by atoms with Gasteiger partial charge in [0.25, 0.3) is 0 Å². The number of carbonyl (C=O) groups is 1. The van der Waals surface area contributed by atoms with Crippen LogP contribution in [-0.2, 0) is 16.1 Å². The highest BCUT2D eigenvalue weighted by molar-refractivity contribution is 5.69. The van der Waals surface area contributed by atoms with Crippen LogP contribution in [0.4, 0.5) is 0 Å². The van der Waals surface area contributed by atoms with E-state index in [4.69, 9.17) is 4.74 Å². The van der Waals surface area contributed by atoms with Gasteiger partial charge in [-0.1, -0.05) is 29.0 Å². The molecule has 0 bridgehead atoms. The first-order valence-corrected chi connectivity index (χ1v) is 5.82. The van der Waals surface area contributed by atoms with E-state index >= 15 is 0 Å². The Hall–Kier alpha value is -2.17. The number of esters is 1. The number of hydrogen-bond acceptors (Lipinski definition) is 4. The third-order valence-electron chi connectivity index (χ3n) is 2.45. The number of nitrogens with zero attached hydrogens (tertiary/aromatic N) is 3. The first-order chi connectivity index (χ1) is 8.69. The van der Waals surface area contributed by atoms with Crippen molar-refractivity contribution in [1.29, 1.82) is 0 Å². The van der Waals surface area contributed by atoms with E-state index in [9.17, 15) is 4.79 Å². The minimum Gasteiger partial charge on any atom is -0.465 e. The van der Waals surface area contributed by atoms with Crippen molar-refractivity contribution in [3.8, 4) is 11.3 Å². The van der Waals surface area contributed by atoms with Gasteiger partial charge in [0.1, 0.15) is 12.2 Å². The molecule has 94 valence electrons. The van der Waals surface area contributed by atoms with E-state index in [1.54, 1.807) is 13.1 Å².